The maximum absolute atomic E-state index is 12.6. The van der Waals surface area contributed by atoms with Gasteiger partial charge in [0, 0.05) is 24.7 Å². The van der Waals surface area contributed by atoms with Crippen molar-refractivity contribution in [3.63, 3.8) is 0 Å². The van der Waals surface area contributed by atoms with Gasteiger partial charge in [0.15, 0.2) is 0 Å². The summed E-state index contributed by atoms with van der Waals surface area (Å²) in [7, 11) is 1.56. The van der Waals surface area contributed by atoms with E-state index in [0.29, 0.717) is 11.1 Å². The maximum Gasteiger partial charge on any atom is 0.437 e. The molecule has 0 N–H and O–H groups in total. The van der Waals surface area contributed by atoms with E-state index in [1.54, 1.807) is 50.4 Å². The van der Waals surface area contributed by atoms with E-state index in [9.17, 15) is 19.7 Å². The average molecular weight is 382 g/mol. The number of nitro groups is 1. The van der Waals surface area contributed by atoms with E-state index in [2.05, 4.69) is 5.10 Å². The Morgan fingerprint density at radius 2 is 1.96 bits per heavy atom. The molecular weight excluding hydrogens is 364 g/mol. The molecule has 0 bridgehead atoms. The van der Waals surface area contributed by atoms with Crippen molar-refractivity contribution in [3.8, 4) is 11.5 Å². The molecule has 1 unspecified atom stereocenters. The molecule has 0 saturated heterocycles. The van der Waals surface area contributed by atoms with Gasteiger partial charge in [-0.25, -0.2) is 4.79 Å². The van der Waals surface area contributed by atoms with Crippen molar-refractivity contribution in [2.45, 2.75) is 19.5 Å². The van der Waals surface area contributed by atoms with E-state index in [4.69, 9.17) is 4.42 Å². The van der Waals surface area contributed by atoms with Gasteiger partial charge >= 0.3 is 5.76 Å². The second-order valence-electron chi connectivity index (χ2n) is 6.23. The molecule has 0 spiro atoms. The van der Waals surface area contributed by atoms with Gasteiger partial charge in [-0.1, -0.05) is 30.3 Å². The highest BCUT2D eigenvalue weighted by molar-refractivity contribution is 5.76. The number of hydrogen-bond donors (Lipinski definition) is 0. The number of carbonyl (C=O) groups excluding carboxylic acids is 1. The second kappa shape index (κ2) is 7.87. The molecule has 28 heavy (non-hydrogen) atoms. The van der Waals surface area contributed by atoms with Crippen LogP contribution in [0.4, 0.5) is 5.69 Å². The highest BCUT2D eigenvalue weighted by Crippen LogP contribution is 2.23. The van der Waals surface area contributed by atoms with Gasteiger partial charge in [0.2, 0.25) is 11.8 Å². The lowest BCUT2D eigenvalue weighted by molar-refractivity contribution is -0.384. The Morgan fingerprint density at radius 3 is 2.64 bits per heavy atom. The van der Waals surface area contributed by atoms with Crippen LogP contribution in [0.3, 0.4) is 0 Å². The van der Waals surface area contributed by atoms with Gasteiger partial charge in [0.1, 0.15) is 6.54 Å². The third-order valence-electron chi connectivity index (χ3n) is 4.45. The topological polar surface area (TPSA) is 111 Å². The lowest BCUT2D eigenvalue weighted by Gasteiger charge is -2.25. The highest BCUT2D eigenvalue weighted by Gasteiger charge is 2.21. The lowest BCUT2D eigenvalue weighted by atomic mass is 10.1. The van der Waals surface area contributed by atoms with Gasteiger partial charge in [-0.2, -0.15) is 4.68 Å². The Balaban J connectivity index is 1.76. The molecule has 0 saturated carbocycles. The minimum Gasteiger partial charge on any atom is -0.388 e. The molecule has 3 aromatic rings. The Morgan fingerprint density at radius 1 is 1.25 bits per heavy atom. The summed E-state index contributed by atoms with van der Waals surface area (Å²) < 4.78 is 6.08. The molecule has 0 aliphatic heterocycles. The zero-order chi connectivity index (χ0) is 20.3. The summed E-state index contributed by atoms with van der Waals surface area (Å²) in [5.41, 5.74) is 1.19. The number of carbonyl (C=O) groups is 1. The van der Waals surface area contributed by atoms with Gasteiger partial charge in [0.05, 0.1) is 11.0 Å². The van der Waals surface area contributed by atoms with Crippen molar-refractivity contribution in [2.75, 3.05) is 7.05 Å². The first kappa shape index (κ1) is 19.0. The number of aromatic nitrogens is 2. The number of hydrogen-bond acceptors (Lipinski definition) is 6. The van der Waals surface area contributed by atoms with E-state index in [-0.39, 0.29) is 24.0 Å². The quantitative estimate of drug-likeness (QED) is 0.478. The second-order valence-corrected chi connectivity index (χ2v) is 6.23. The fourth-order valence-corrected chi connectivity index (χ4v) is 2.68. The molecular formula is C19H18N4O5. The standard InChI is InChI=1S/C19H18N4O5/c1-13(15-9-6-10-16(11-15)23(26)27)21(2)17(24)12-22-19(25)28-18(20-22)14-7-4-3-5-8-14/h3-11,13H,12H2,1-2H3. The van der Waals surface area contributed by atoms with Crippen LogP contribution < -0.4 is 5.76 Å². The first-order valence-electron chi connectivity index (χ1n) is 8.50. The van der Waals surface area contributed by atoms with Crippen molar-refractivity contribution in [2.24, 2.45) is 0 Å². The number of rotatable bonds is 6. The van der Waals surface area contributed by atoms with Crippen LogP contribution in [0.1, 0.15) is 18.5 Å². The SMILES string of the molecule is CC(c1cccc([N+](=O)[O-])c1)N(C)C(=O)Cn1nc(-c2ccccc2)oc1=O. The van der Waals surface area contributed by atoms with Gasteiger partial charge in [-0.3, -0.25) is 14.9 Å². The summed E-state index contributed by atoms with van der Waals surface area (Å²) in [6, 6.07) is 14.5. The molecule has 1 aromatic heterocycles. The molecule has 2 aromatic carbocycles. The van der Waals surface area contributed by atoms with E-state index in [1.807, 2.05) is 6.07 Å². The van der Waals surface area contributed by atoms with E-state index in [1.165, 1.54) is 17.0 Å². The van der Waals surface area contributed by atoms with E-state index >= 15 is 0 Å². The molecule has 3 rings (SSSR count). The van der Waals surface area contributed by atoms with Crippen LogP contribution in [-0.2, 0) is 11.3 Å². The molecule has 144 valence electrons. The van der Waals surface area contributed by atoms with E-state index < -0.39 is 16.7 Å². The molecule has 0 aliphatic carbocycles. The summed E-state index contributed by atoms with van der Waals surface area (Å²) in [5.74, 6) is -0.981. The molecule has 0 radical (unpaired) electrons. The van der Waals surface area contributed by atoms with Crippen LogP contribution in [-0.4, -0.2) is 32.6 Å². The number of nitro benzene ring substituents is 1. The summed E-state index contributed by atoms with van der Waals surface area (Å²) >= 11 is 0. The number of benzene rings is 2. The van der Waals surface area contributed by atoms with Crippen LogP contribution >= 0.6 is 0 Å². The van der Waals surface area contributed by atoms with Crippen LogP contribution in [0, 0.1) is 10.1 Å². The Kier molecular flexibility index (Phi) is 5.35. The third-order valence-corrected chi connectivity index (χ3v) is 4.45. The fraction of sp³-hybridized carbons (Fsp3) is 0.211. The normalized spacial score (nSPS) is 11.8. The zero-order valence-electron chi connectivity index (χ0n) is 15.3. The maximum atomic E-state index is 12.6. The van der Waals surface area contributed by atoms with Crippen LogP contribution in [0.5, 0.6) is 0 Å². The Bertz CT molecular complexity index is 1060. The van der Waals surface area contributed by atoms with Gasteiger partial charge in [-0.05, 0) is 24.6 Å². The smallest absolute Gasteiger partial charge is 0.388 e. The summed E-state index contributed by atoms with van der Waals surface area (Å²) in [6.45, 7) is 1.45. The van der Waals surface area contributed by atoms with E-state index in [0.717, 1.165) is 4.68 Å². The van der Waals surface area contributed by atoms with Gasteiger partial charge in [-0.15, -0.1) is 5.10 Å². The summed E-state index contributed by atoms with van der Waals surface area (Å²) in [5, 5.41) is 15.0. The number of non-ortho nitro benzene ring substituents is 1. The van der Waals surface area contributed by atoms with Crippen LogP contribution in [0.15, 0.2) is 63.8 Å². The zero-order valence-corrected chi connectivity index (χ0v) is 15.3. The van der Waals surface area contributed by atoms with Crippen LogP contribution in [0.2, 0.25) is 0 Å². The first-order valence-corrected chi connectivity index (χ1v) is 8.50. The van der Waals surface area contributed by atoms with Gasteiger partial charge < -0.3 is 9.32 Å². The predicted octanol–water partition coefficient (Wildman–Crippen LogP) is 2.63. The highest BCUT2D eigenvalue weighted by atomic mass is 16.6. The minimum absolute atomic E-state index is 0.0505. The molecule has 1 heterocycles. The third kappa shape index (κ3) is 3.98. The molecule has 0 aliphatic rings. The molecule has 9 nitrogen and oxygen atoms in total. The van der Waals surface area contributed by atoms with Gasteiger partial charge in [0.25, 0.3) is 5.69 Å². The Hall–Kier alpha value is -3.75. The summed E-state index contributed by atoms with van der Waals surface area (Å²) in [4.78, 5) is 36.5. The van der Waals surface area contributed by atoms with Crippen molar-refractivity contribution >= 4 is 11.6 Å². The molecule has 0 fully saturated rings. The van der Waals surface area contributed by atoms with Crippen molar-refractivity contribution < 1.29 is 14.1 Å². The lowest BCUT2D eigenvalue weighted by Crippen LogP contribution is -2.35. The minimum atomic E-state index is -0.733. The monoisotopic (exact) mass is 382 g/mol. The molecule has 1 atom stereocenters. The first-order chi connectivity index (χ1) is 13.4. The molecule has 1 amide bonds. The number of amides is 1. The number of nitrogens with zero attached hydrogens (tertiary/aromatic N) is 4. The largest absolute Gasteiger partial charge is 0.437 e. The summed E-state index contributed by atoms with van der Waals surface area (Å²) in [6.07, 6.45) is 0. The molecule has 9 heteroatoms. The predicted molar refractivity (Wildman–Crippen MR) is 100 cm³/mol. The Labute approximate surface area is 160 Å². The van der Waals surface area contributed by atoms with Crippen molar-refractivity contribution in [3.05, 3.63) is 80.8 Å². The average Bonchev–Trinajstić information content (AvgIpc) is 3.07. The fourth-order valence-electron chi connectivity index (χ4n) is 2.68. The van der Waals surface area contributed by atoms with Crippen molar-refractivity contribution in [1.29, 1.82) is 0 Å². The van der Waals surface area contributed by atoms with Crippen molar-refractivity contribution in [1.82, 2.24) is 14.7 Å². The van der Waals surface area contributed by atoms with Crippen LogP contribution in [0.25, 0.3) is 11.5 Å². The number of likely N-dealkylation sites (N-methyl/N-ethyl adjacent to an activating group) is 1.